The van der Waals surface area contributed by atoms with Crippen molar-refractivity contribution in [2.75, 3.05) is 21.3 Å². The molecule has 1 aromatic heterocycles. The second-order valence-electron chi connectivity index (χ2n) is 6.46. The van der Waals surface area contributed by atoms with Crippen LogP contribution in [0.2, 0.25) is 0 Å². The number of benzene rings is 3. The van der Waals surface area contributed by atoms with E-state index in [1.54, 1.807) is 6.07 Å². The molecule has 0 bridgehead atoms. The SMILES string of the molecule is COC(=O)c1ccc(C(=O)Oc2cccc3c2[nH]c2ccccc23)c(OC)c1OC. The molecule has 3 aromatic carbocycles. The molecule has 0 saturated heterocycles. The number of carbonyl (C=O) groups is 2. The number of hydrogen-bond donors (Lipinski definition) is 1. The van der Waals surface area contributed by atoms with Gasteiger partial charge in [-0.25, -0.2) is 9.59 Å². The number of aromatic amines is 1. The lowest BCUT2D eigenvalue weighted by molar-refractivity contribution is 0.0594. The zero-order valence-electron chi connectivity index (χ0n) is 16.6. The Kier molecular flexibility index (Phi) is 5.02. The summed E-state index contributed by atoms with van der Waals surface area (Å²) in [5.74, 6) is -0.677. The fourth-order valence-corrected chi connectivity index (χ4v) is 3.49. The molecule has 0 atom stereocenters. The van der Waals surface area contributed by atoms with Gasteiger partial charge < -0.3 is 23.9 Å². The largest absolute Gasteiger partial charge is 0.492 e. The Hall–Kier alpha value is -4.00. The lowest BCUT2D eigenvalue weighted by Crippen LogP contribution is -2.13. The maximum atomic E-state index is 13.0. The highest BCUT2D eigenvalue weighted by Crippen LogP contribution is 2.37. The van der Waals surface area contributed by atoms with Crippen molar-refractivity contribution in [2.24, 2.45) is 0 Å². The molecule has 7 nitrogen and oxygen atoms in total. The Bertz CT molecular complexity index is 1270. The Morgan fingerprint density at radius 3 is 2.03 bits per heavy atom. The zero-order valence-corrected chi connectivity index (χ0v) is 16.6. The summed E-state index contributed by atoms with van der Waals surface area (Å²) in [6, 6.07) is 16.2. The van der Waals surface area contributed by atoms with Crippen LogP contribution in [0.4, 0.5) is 0 Å². The van der Waals surface area contributed by atoms with Crippen molar-refractivity contribution >= 4 is 33.7 Å². The molecule has 0 aliphatic rings. The fraction of sp³-hybridized carbons (Fsp3) is 0.130. The quantitative estimate of drug-likeness (QED) is 0.393. The lowest BCUT2D eigenvalue weighted by Gasteiger charge is -2.15. The van der Waals surface area contributed by atoms with Gasteiger partial charge in [-0.3, -0.25) is 0 Å². The Morgan fingerprint density at radius 2 is 1.37 bits per heavy atom. The number of rotatable bonds is 5. The Labute approximate surface area is 172 Å². The molecule has 0 aliphatic heterocycles. The predicted molar refractivity (Wildman–Crippen MR) is 112 cm³/mol. The van der Waals surface area contributed by atoms with Crippen molar-refractivity contribution in [3.63, 3.8) is 0 Å². The van der Waals surface area contributed by atoms with Gasteiger partial charge in [-0.15, -0.1) is 0 Å². The van der Waals surface area contributed by atoms with Crippen molar-refractivity contribution in [3.05, 3.63) is 65.7 Å². The normalized spacial score (nSPS) is 10.8. The molecule has 0 spiro atoms. The number of ether oxygens (including phenoxy) is 4. The topological polar surface area (TPSA) is 86.9 Å². The molecule has 0 aliphatic carbocycles. The van der Waals surface area contributed by atoms with E-state index in [0.717, 1.165) is 16.3 Å². The molecule has 0 radical (unpaired) electrons. The van der Waals surface area contributed by atoms with E-state index >= 15 is 0 Å². The van der Waals surface area contributed by atoms with Crippen molar-refractivity contribution in [1.29, 1.82) is 0 Å². The van der Waals surface area contributed by atoms with Crippen LogP contribution in [0.3, 0.4) is 0 Å². The summed E-state index contributed by atoms with van der Waals surface area (Å²) in [6.45, 7) is 0. The van der Waals surface area contributed by atoms with Crippen molar-refractivity contribution < 1.29 is 28.5 Å². The van der Waals surface area contributed by atoms with Crippen LogP contribution in [-0.2, 0) is 4.74 Å². The molecule has 4 aromatic rings. The van der Waals surface area contributed by atoms with Crippen molar-refractivity contribution in [1.82, 2.24) is 4.98 Å². The summed E-state index contributed by atoms with van der Waals surface area (Å²) < 4.78 is 21.1. The maximum Gasteiger partial charge on any atom is 0.347 e. The molecular formula is C23H19NO6. The predicted octanol–water partition coefficient (Wildman–Crippen LogP) is 4.34. The minimum atomic E-state index is -0.646. The average Bonchev–Trinajstić information content (AvgIpc) is 3.17. The molecule has 7 heteroatoms. The van der Waals surface area contributed by atoms with Crippen molar-refractivity contribution in [3.8, 4) is 17.2 Å². The molecule has 1 heterocycles. The number of nitrogens with one attached hydrogen (secondary N) is 1. The molecule has 152 valence electrons. The van der Waals surface area contributed by atoms with E-state index in [-0.39, 0.29) is 22.6 Å². The summed E-state index contributed by atoms with van der Waals surface area (Å²) in [5, 5.41) is 1.98. The maximum absolute atomic E-state index is 13.0. The highest BCUT2D eigenvalue weighted by Gasteiger charge is 2.25. The van der Waals surface area contributed by atoms with Gasteiger partial charge in [0.25, 0.3) is 0 Å². The molecule has 0 fully saturated rings. The van der Waals surface area contributed by atoms with Crippen LogP contribution in [0.25, 0.3) is 21.8 Å². The minimum absolute atomic E-state index is 0.0919. The number of fused-ring (bicyclic) bond motifs is 3. The Balaban J connectivity index is 1.77. The van der Waals surface area contributed by atoms with E-state index in [1.165, 1.54) is 33.5 Å². The third-order valence-electron chi connectivity index (χ3n) is 4.85. The van der Waals surface area contributed by atoms with Gasteiger partial charge >= 0.3 is 11.9 Å². The number of H-pyrrole nitrogens is 1. The lowest BCUT2D eigenvalue weighted by atomic mass is 10.1. The highest BCUT2D eigenvalue weighted by molar-refractivity contribution is 6.10. The van der Waals surface area contributed by atoms with Gasteiger partial charge in [0.2, 0.25) is 0 Å². The first-order valence-corrected chi connectivity index (χ1v) is 9.14. The van der Waals surface area contributed by atoms with E-state index in [9.17, 15) is 9.59 Å². The van der Waals surface area contributed by atoms with Gasteiger partial charge in [-0.1, -0.05) is 30.3 Å². The summed E-state index contributed by atoms with van der Waals surface area (Å²) in [7, 11) is 4.02. The molecule has 0 saturated carbocycles. The number of methoxy groups -OCH3 is 3. The van der Waals surface area contributed by atoms with E-state index in [0.29, 0.717) is 11.3 Å². The van der Waals surface area contributed by atoms with Crippen LogP contribution in [0.5, 0.6) is 17.2 Å². The molecule has 30 heavy (non-hydrogen) atoms. The minimum Gasteiger partial charge on any atom is -0.492 e. The number of esters is 2. The standard InChI is InChI=1S/C23H19NO6/c1-27-20-15(22(25)29-3)11-12-16(21(20)28-2)23(26)30-18-10-6-8-14-13-7-4-5-9-17(13)24-19(14)18/h4-12,24H,1-3H3. The summed E-state index contributed by atoms with van der Waals surface area (Å²) in [4.78, 5) is 28.3. The third kappa shape index (κ3) is 3.10. The molecular weight excluding hydrogens is 386 g/mol. The van der Waals surface area contributed by atoms with Crippen LogP contribution >= 0.6 is 0 Å². The van der Waals surface area contributed by atoms with Gasteiger partial charge in [-0.2, -0.15) is 0 Å². The van der Waals surface area contributed by atoms with Crippen molar-refractivity contribution in [2.45, 2.75) is 0 Å². The highest BCUT2D eigenvalue weighted by atomic mass is 16.5. The summed E-state index contributed by atoms with van der Waals surface area (Å²) >= 11 is 0. The average molecular weight is 405 g/mol. The summed E-state index contributed by atoms with van der Waals surface area (Å²) in [5.41, 5.74) is 1.92. The van der Waals surface area contributed by atoms with Gasteiger partial charge in [0.05, 0.1) is 26.8 Å². The smallest absolute Gasteiger partial charge is 0.347 e. The first-order chi connectivity index (χ1) is 14.6. The summed E-state index contributed by atoms with van der Waals surface area (Å²) in [6.07, 6.45) is 0. The van der Waals surface area contributed by atoms with Crippen LogP contribution in [0, 0.1) is 0 Å². The first-order valence-electron chi connectivity index (χ1n) is 9.14. The second-order valence-corrected chi connectivity index (χ2v) is 6.46. The molecule has 0 unspecified atom stereocenters. The number of carbonyl (C=O) groups excluding carboxylic acids is 2. The number of para-hydroxylation sites is 2. The van der Waals surface area contributed by atoms with Gasteiger partial charge in [0, 0.05) is 16.3 Å². The van der Waals surface area contributed by atoms with Gasteiger partial charge in [0.15, 0.2) is 17.2 Å². The van der Waals surface area contributed by atoms with E-state index in [1.807, 2.05) is 36.4 Å². The number of aromatic nitrogens is 1. The van der Waals surface area contributed by atoms with Crippen LogP contribution in [0.15, 0.2) is 54.6 Å². The third-order valence-corrected chi connectivity index (χ3v) is 4.85. The van der Waals surface area contributed by atoms with Crippen LogP contribution in [0.1, 0.15) is 20.7 Å². The monoisotopic (exact) mass is 405 g/mol. The molecule has 1 N–H and O–H groups in total. The van der Waals surface area contributed by atoms with Crippen LogP contribution < -0.4 is 14.2 Å². The Morgan fingerprint density at radius 1 is 0.733 bits per heavy atom. The van der Waals surface area contributed by atoms with E-state index < -0.39 is 11.9 Å². The molecule has 0 amide bonds. The van der Waals surface area contributed by atoms with Gasteiger partial charge in [0.1, 0.15) is 11.1 Å². The van der Waals surface area contributed by atoms with E-state index in [2.05, 4.69) is 4.98 Å². The second kappa shape index (κ2) is 7.79. The molecule has 4 rings (SSSR count). The van der Waals surface area contributed by atoms with Crippen LogP contribution in [-0.4, -0.2) is 38.3 Å². The number of hydrogen-bond acceptors (Lipinski definition) is 6. The van der Waals surface area contributed by atoms with E-state index in [4.69, 9.17) is 18.9 Å². The van der Waals surface area contributed by atoms with Gasteiger partial charge in [-0.05, 0) is 24.3 Å². The zero-order chi connectivity index (χ0) is 21.3. The fourth-order valence-electron chi connectivity index (χ4n) is 3.49. The first kappa shape index (κ1) is 19.3.